The maximum Gasteiger partial charge on any atom is 0.241 e. The SMILES string of the molecule is NC(=O)C=Cc1ccc2ncnc(Nc3ccccc3)c2n1. The Bertz CT molecular complexity index is 846. The first-order chi connectivity index (χ1) is 10.7. The summed E-state index contributed by atoms with van der Waals surface area (Å²) in [6.45, 7) is 0. The molecule has 0 aliphatic heterocycles. The van der Waals surface area contributed by atoms with Crippen LogP contribution in [0.25, 0.3) is 17.1 Å². The fourth-order valence-corrected chi connectivity index (χ4v) is 1.97. The lowest BCUT2D eigenvalue weighted by molar-refractivity contribution is -0.113. The van der Waals surface area contributed by atoms with Crippen molar-refractivity contribution < 1.29 is 4.79 Å². The number of aromatic nitrogens is 3. The average molecular weight is 291 g/mol. The van der Waals surface area contributed by atoms with Crippen LogP contribution in [0.3, 0.4) is 0 Å². The van der Waals surface area contributed by atoms with Crippen molar-refractivity contribution in [2.45, 2.75) is 0 Å². The van der Waals surface area contributed by atoms with Crippen LogP contribution in [0, 0.1) is 0 Å². The molecule has 6 heteroatoms. The summed E-state index contributed by atoms with van der Waals surface area (Å²) in [5.41, 5.74) is 7.94. The minimum atomic E-state index is -0.520. The zero-order chi connectivity index (χ0) is 15.4. The number of nitrogens with zero attached hydrogens (tertiary/aromatic N) is 3. The Balaban J connectivity index is 2.02. The minimum Gasteiger partial charge on any atom is -0.366 e. The molecule has 0 spiro atoms. The van der Waals surface area contributed by atoms with Crippen molar-refractivity contribution in [1.82, 2.24) is 15.0 Å². The monoisotopic (exact) mass is 291 g/mol. The van der Waals surface area contributed by atoms with E-state index in [4.69, 9.17) is 5.73 Å². The molecule has 0 aliphatic carbocycles. The van der Waals surface area contributed by atoms with E-state index < -0.39 is 5.91 Å². The normalized spacial score (nSPS) is 10.9. The fourth-order valence-electron chi connectivity index (χ4n) is 1.97. The number of primary amides is 1. The molecular weight excluding hydrogens is 278 g/mol. The first-order valence-electron chi connectivity index (χ1n) is 6.64. The first-order valence-corrected chi connectivity index (χ1v) is 6.64. The van der Waals surface area contributed by atoms with Gasteiger partial charge in [0, 0.05) is 11.8 Å². The third-order valence-electron chi connectivity index (χ3n) is 2.96. The summed E-state index contributed by atoms with van der Waals surface area (Å²) in [4.78, 5) is 23.7. The molecule has 0 saturated carbocycles. The van der Waals surface area contributed by atoms with Crippen LogP contribution in [0.15, 0.2) is 54.9 Å². The number of rotatable bonds is 4. The molecule has 22 heavy (non-hydrogen) atoms. The van der Waals surface area contributed by atoms with Crippen molar-refractivity contribution in [3.05, 3.63) is 60.6 Å². The predicted octanol–water partition coefficient (Wildman–Crippen LogP) is 2.27. The predicted molar refractivity (Wildman–Crippen MR) is 85.3 cm³/mol. The second kappa shape index (κ2) is 6.01. The molecule has 6 nitrogen and oxygen atoms in total. The summed E-state index contributed by atoms with van der Waals surface area (Å²) >= 11 is 0. The smallest absolute Gasteiger partial charge is 0.241 e. The number of pyridine rings is 1. The van der Waals surface area contributed by atoms with E-state index in [2.05, 4.69) is 20.3 Å². The molecule has 0 atom stereocenters. The molecule has 0 radical (unpaired) electrons. The standard InChI is InChI=1S/C16H13N5O/c17-14(22)9-7-12-6-8-13-15(20-12)16(19-10-18-13)21-11-4-2-1-3-5-11/h1-10H,(H2,17,22)(H,18,19,21). The number of fused-ring (bicyclic) bond motifs is 1. The molecule has 1 amide bonds. The highest BCUT2D eigenvalue weighted by Gasteiger charge is 2.06. The quantitative estimate of drug-likeness (QED) is 0.719. The molecule has 0 unspecified atom stereocenters. The van der Waals surface area contributed by atoms with E-state index in [0.29, 0.717) is 22.5 Å². The van der Waals surface area contributed by atoms with E-state index >= 15 is 0 Å². The van der Waals surface area contributed by atoms with Gasteiger partial charge >= 0.3 is 0 Å². The molecule has 2 aromatic heterocycles. The zero-order valence-electron chi connectivity index (χ0n) is 11.6. The highest BCUT2D eigenvalue weighted by atomic mass is 16.1. The van der Waals surface area contributed by atoms with E-state index in [1.165, 1.54) is 12.4 Å². The Hall–Kier alpha value is -3.28. The van der Waals surface area contributed by atoms with E-state index in [9.17, 15) is 4.79 Å². The van der Waals surface area contributed by atoms with Crippen LogP contribution < -0.4 is 11.1 Å². The summed E-state index contributed by atoms with van der Waals surface area (Å²) in [6.07, 6.45) is 4.30. The van der Waals surface area contributed by atoms with Crippen molar-refractivity contribution in [2.24, 2.45) is 5.73 Å². The van der Waals surface area contributed by atoms with Gasteiger partial charge in [-0.1, -0.05) is 18.2 Å². The Kier molecular flexibility index (Phi) is 3.74. The van der Waals surface area contributed by atoms with Crippen LogP contribution in [0.1, 0.15) is 5.69 Å². The van der Waals surface area contributed by atoms with E-state index in [1.807, 2.05) is 36.4 Å². The van der Waals surface area contributed by atoms with E-state index in [0.717, 1.165) is 5.69 Å². The molecule has 1 aromatic carbocycles. The number of carbonyl (C=O) groups is 1. The van der Waals surface area contributed by atoms with Gasteiger partial charge in [-0.15, -0.1) is 0 Å². The molecule has 3 N–H and O–H groups in total. The van der Waals surface area contributed by atoms with Crippen molar-refractivity contribution in [2.75, 3.05) is 5.32 Å². The van der Waals surface area contributed by atoms with Crippen molar-refractivity contribution in [3.63, 3.8) is 0 Å². The summed E-state index contributed by atoms with van der Waals surface area (Å²) in [6, 6.07) is 13.3. The third kappa shape index (κ3) is 3.06. The lowest BCUT2D eigenvalue weighted by Gasteiger charge is -2.07. The van der Waals surface area contributed by atoms with Gasteiger partial charge in [-0.05, 0) is 30.3 Å². The minimum absolute atomic E-state index is 0.520. The molecule has 0 fully saturated rings. The van der Waals surface area contributed by atoms with Crippen molar-refractivity contribution >= 4 is 34.5 Å². The third-order valence-corrected chi connectivity index (χ3v) is 2.96. The molecule has 0 bridgehead atoms. The Morgan fingerprint density at radius 2 is 1.91 bits per heavy atom. The molecule has 3 rings (SSSR count). The largest absolute Gasteiger partial charge is 0.366 e. The van der Waals surface area contributed by atoms with E-state index in [-0.39, 0.29) is 0 Å². The molecule has 0 saturated heterocycles. The number of hydrogen-bond acceptors (Lipinski definition) is 5. The Morgan fingerprint density at radius 1 is 1.09 bits per heavy atom. The molecular formula is C16H13N5O. The summed E-state index contributed by atoms with van der Waals surface area (Å²) < 4.78 is 0. The molecule has 0 aliphatic rings. The highest BCUT2D eigenvalue weighted by molar-refractivity contribution is 5.91. The number of anilines is 2. The van der Waals surface area contributed by atoms with Gasteiger partial charge < -0.3 is 11.1 Å². The Labute approximate surface area is 126 Å². The topological polar surface area (TPSA) is 93.8 Å². The van der Waals surface area contributed by atoms with Gasteiger partial charge in [0.15, 0.2) is 5.82 Å². The second-order valence-corrected chi connectivity index (χ2v) is 4.55. The van der Waals surface area contributed by atoms with Crippen molar-refractivity contribution in [1.29, 1.82) is 0 Å². The maximum atomic E-state index is 10.8. The van der Waals surface area contributed by atoms with Crippen LogP contribution in [-0.4, -0.2) is 20.9 Å². The highest BCUT2D eigenvalue weighted by Crippen LogP contribution is 2.21. The fraction of sp³-hybridized carbons (Fsp3) is 0. The summed E-state index contributed by atoms with van der Waals surface area (Å²) in [5, 5.41) is 3.21. The van der Waals surface area contributed by atoms with Crippen LogP contribution >= 0.6 is 0 Å². The summed E-state index contributed by atoms with van der Waals surface area (Å²) in [7, 11) is 0. The molecule has 108 valence electrons. The lowest BCUT2D eigenvalue weighted by Crippen LogP contribution is -2.05. The van der Waals surface area contributed by atoms with Crippen LogP contribution in [0.2, 0.25) is 0 Å². The number of hydrogen-bond donors (Lipinski definition) is 2. The number of nitrogens with two attached hydrogens (primary N) is 1. The van der Waals surface area contributed by atoms with Gasteiger partial charge in [-0.2, -0.15) is 0 Å². The van der Waals surface area contributed by atoms with Crippen molar-refractivity contribution in [3.8, 4) is 0 Å². The Morgan fingerprint density at radius 3 is 2.68 bits per heavy atom. The molecule has 2 heterocycles. The van der Waals surface area contributed by atoms with Crippen LogP contribution in [0.5, 0.6) is 0 Å². The summed E-state index contributed by atoms with van der Waals surface area (Å²) in [5.74, 6) is 0.0827. The second-order valence-electron chi connectivity index (χ2n) is 4.55. The molecule has 3 aromatic rings. The van der Waals surface area contributed by atoms with Crippen LogP contribution in [-0.2, 0) is 4.79 Å². The first kappa shape index (κ1) is 13.7. The number of carbonyl (C=O) groups excluding carboxylic acids is 1. The average Bonchev–Trinajstić information content (AvgIpc) is 2.54. The van der Waals surface area contributed by atoms with Gasteiger partial charge in [0.1, 0.15) is 11.8 Å². The van der Waals surface area contributed by atoms with Crippen LogP contribution in [0.4, 0.5) is 11.5 Å². The maximum absolute atomic E-state index is 10.8. The van der Waals surface area contributed by atoms with Gasteiger partial charge in [-0.25, -0.2) is 15.0 Å². The number of amides is 1. The van der Waals surface area contributed by atoms with E-state index in [1.54, 1.807) is 12.1 Å². The number of para-hydroxylation sites is 1. The number of nitrogens with one attached hydrogen (secondary N) is 1. The van der Waals surface area contributed by atoms with Gasteiger partial charge in [-0.3, -0.25) is 4.79 Å². The van der Waals surface area contributed by atoms with Gasteiger partial charge in [0.05, 0.1) is 11.2 Å². The lowest BCUT2D eigenvalue weighted by atomic mass is 10.2. The number of benzene rings is 1. The van der Waals surface area contributed by atoms with Gasteiger partial charge in [0.2, 0.25) is 5.91 Å². The zero-order valence-corrected chi connectivity index (χ0v) is 11.6. The van der Waals surface area contributed by atoms with Gasteiger partial charge in [0.25, 0.3) is 0 Å².